The molecule has 0 amide bonds. The van der Waals surface area contributed by atoms with Crippen LogP contribution in [0, 0.1) is 0 Å². The van der Waals surface area contributed by atoms with Crippen molar-refractivity contribution in [1.29, 1.82) is 0 Å². The van der Waals surface area contributed by atoms with E-state index in [1.165, 1.54) is 19.3 Å². The Kier molecular flexibility index (Phi) is 2.97. The zero-order valence-corrected chi connectivity index (χ0v) is 11.7. The molecule has 1 N–H and O–H groups in total. The molecule has 0 saturated heterocycles. The molecule has 1 heterocycles. The standard InChI is InChI=1S/C16H22O3/c1-15(2,11-17)12-6-7-13-14(10-12)19-16(18-13)8-4-3-5-9-16/h6-7,10,17H,3-5,8-9,11H2,1-2H3. The van der Waals surface area contributed by atoms with Gasteiger partial charge in [-0.05, 0) is 30.5 Å². The average molecular weight is 262 g/mol. The highest BCUT2D eigenvalue weighted by atomic mass is 16.7. The van der Waals surface area contributed by atoms with Gasteiger partial charge in [-0.3, -0.25) is 0 Å². The Morgan fingerprint density at radius 1 is 1.11 bits per heavy atom. The van der Waals surface area contributed by atoms with E-state index >= 15 is 0 Å². The van der Waals surface area contributed by atoms with Gasteiger partial charge in [-0.25, -0.2) is 0 Å². The molecule has 1 aliphatic heterocycles. The summed E-state index contributed by atoms with van der Waals surface area (Å²) in [6.45, 7) is 4.18. The van der Waals surface area contributed by atoms with Crippen LogP contribution in [-0.2, 0) is 5.41 Å². The number of fused-ring (bicyclic) bond motifs is 1. The molecule has 0 bridgehead atoms. The van der Waals surface area contributed by atoms with Gasteiger partial charge >= 0.3 is 0 Å². The van der Waals surface area contributed by atoms with E-state index in [1.807, 2.05) is 32.0 Å². The molecule has 1 aromatic carbocycles. The lowest BCUT2D eigenvalue weighted by Gasteiger charge is -2.31. The van der Waals surface area contributed by atoms with E-state index in [1.54, 1.807) is 0 Å². The van der Waals surface area contributed by atoms with E-state index in [2.05, 4.69) is 0 Å². The number of ether oxygens (including phenoxy) is 2. The minimum Gasteiger partial charge on any atom is -0.448 e. The maximum absolute atomic E-state index is 9.47. The fraction of sp³-hybridized carbons (Fsp3) is 0.625. The van der Waals surface area contributed by atoms with Gasteiger partial charge in [0, 0.05) is 18.3 Å². The normalized spacial score (nSPS) is 20.8. The monoisotopic (exact) mass is 262 g/mol. The zero-order chi connectivity index (χ0) is 13.5. The highest BCUT2D eigenvalue weighted by molar-refractivity contribution is 5.47. The Morgan fingerprint density at radius 3 is 2.47 bits per heavy atom. The quantitative estimate of drug-likeness (QED) is 0.888. The third-order valence-corrected chi connectivity index (χ3v) is 4.33. The molecule has 1 spiro atoms. The highest BCUT2D eigenvalue weighted by Crippen LogP contribution is 2.46. The Hall–Kier alpha value is -1.22. The number of hydrogen-bond donors (Lipinski definition) is 1. The predicted octanol–water partition coefficient (Wildman–Crippen LogP) is 3.39. The summed E-state index contributed by atoms with van der Waals surface area (Å²) in [5.74, 6) is 1.27. The lowest BCUT2D eigenvalue weighted by atomic mass is 9.85. The molecule has 19 heavy (non-hydrogen) atoms. The van der Waals surface area contributed by atoms with E-state index in [4.69, 9.17) is 9.47 Å². The molecule has 0 aromatic heterocycles. The molecular weight excluding hydrogens is 240 g/mol. The van der Waals surface area contributed by atoms with E-state index in [9.17, 15) is 5.11 Å². The van der Waals surface area contributed by atoms with Crippen molar-refractivity contribution in [2.75, 3.05) is 6.61 Å². The topological polar surface area (TPSA) is 38.7 Å². The molecule has 3 nitrogen and oxygen atoms in total. The van der Waals surface area contributed by atoms with E-state index < -0.39 is 5.79 Å². The number of benzene rings is 1. The zero-order valence-electron chi connectivity index (χ0n) is 11.7. The molecule has 1 aromatic rings. The summed E-state index contributed by atoms with van der Waals surface area (Å²) < 4.78 is 12.2. The first-order valence-electron chi connectivity index (χ1n) is 7.18. The average Bonchev–Trinajstić information content (AvgIpc) is 2.75. The first kappa shape index (κ1) is 12.8. The maximum atomic E-state index is 9.47. The van der Waals surface area contributed by atoms with Gasteiger partial charge in [0.05, 0.1) is 6.61 Å². The SMILES string of the molecule is CC(C)(CO)c1ccc2c(c1)OC1(CCCCC1)O2. The maximum Gasteiger partial charge on any atom is 0.251 e. The molecule has 0 unspecified atom stereocenters. The minimum absolute atomic E-state index is 0.123. The molecule has 3 rings (SSSR count). The van der Waals surface area contributed by atoms with E-state index in [-0.39, 0.29) is 12.0 Å². The first-order valence-corrected chi connectivity index (χ1v) is 7.18. The lowest BCUT2D eigenvalue weighted by molar-refractivity contribution is -0.105. The summed E-state index contributed by atoms with van der Waals surface area (Å²) in [7, 11) is 0. The van der Waals surface area contributed by atoms with Gasteiger partial charge in [0.15, 0.2) is 11.5 Å². The second kappa shape index (κ2) is 4.41. The second-order valence-corrected chi connectivity index (χ2v) is 6.38. The third-order valence-electron chi connectivity index (χ3n) is 4.33. The summed E-state index contributed by atoms with van der Waals surface area (Å²) in [6.07, 6.45) is 5.56. The molecule has 2 aliphatic rings. The summed E-state index contributed by atoms with van der Waals surface area (Å²) in [4.78, 5) is 0. The summed E-state index contributed by atoms with van der Waals surface area (Å²) in [5.41, 5.74) is 0.839. The van der Waals surface area contributed by atoms with Gasteiger partial charge in [-0.15, -0.1) is 0 Å². The van der Waals surface area contributed by atoms with Crippen molar-refractivity contribution < 1.29 is 14.6 Å². The number of hydrogen-bond acceptors (Lipinski definition) is 3. The van der Waals surface area contributed by atoms with Crippen LogP contribution in [0.2, 0.25) is 0 Å². The third kappa shape index (κ3) is 2.20. The molecule has 104 valence electrons. The van der Waals surface area contributed by atoms with Crippen LogP contribution in [0.25, 0.3) is 0 Å². The first-order chi connectivity index (χ1) is 9.05. The van der Waals surface area contributed by atoms with Crippen LogP contribution in [-0.4, -0.2) is 17.5 Å². The van der Waals surface area contributed by atoms with Crippen LogP contribution < -0.4 is 9.47 Å². The van der Waals surface area contributed by atoms with Crippen molar-refractivity contribution in [3.05, 3.63) is 23.8 Å². The van der Waals surface area contributed by atoms with Crippen molar-refractivity contribution in [3.63, 3.8) is 0 Å². The van der Waals surface area contributed by atoms with Crippen LogP contribution in [0.4, 0.5) is 0 Å². The van der Waals surface area contributed by atoms with E-state index in [0.717, 1.165) is 29.9 Å². The second-order valence-electron chi connectivity index (χ2n) is 6.38. The molecule has 0 atom stereocenters. The summed E-state index contributed by atoms with van der Waals surface area (Å²) in [5, 5.41) is 9.47. The Morgan fingerprint density at radius 2 is 1.79 bits per heavy atom. The predicted molar refractivity (Wildman–Crippen MR) is 73.6 cm³/mol. The molecule has 0 radical (unpaired) electrons. The van der Waals surface area contributed by atoms with Gasteiger partial charge < -0.3 is 14.6 Å². The van der Waals surface area contributed by atoms with E-state index in [0.29, 0.717) is 0 Å². The van der Waals surface area contributed by atoms with Crippen molar-refractivity contribution in [2.24, 2.45) is 0 Å². The van der Waals surface area contributed by atoms with Crippen LogP contribution >= 0.6 is 0 Å². The van der Waals surface area contributed by atoms with Crippen molar-refractivity contribution >= 4 is 0 Å². The molecular formula is C16H22O3. The van der Waals surface area contributed by atoms with Gasteiger partial charge in [0.2, 0.25) is 0 Å². The number of aliphatic hydroxyl groups is 1. The van der Waals surface area contributed by atoms with Crippen molar-refractivity contribution in [1.82, 2.24) is 0 Å². The molecule has 1 fully saturated rings. The summed E-state index contributed by atoms with van der Waals surface area (Å²) >= 11 is 0. The Balaban J connectivity index is 1.88. The molecule has 1 saturated carbocycles. The van der Waals surface area contributed by atoms with Crippen LogP contribution in [0.3, 0.4) is 0 Å². The smallest absolute Gasteiger partial charge is 0.251 e. The number of aliphatic hydroxyl groups excluding tert-OH is 1. The van der Waals surface area contributed by atoms with Crippen LogP contribution in [0.15, 0.2) is 18.2 Å². The highest BCUT2D eigenvalue weighted by Gasteiger charge is 2.42. The molecule has 3 heteroatoms. The fourth-order valence-electron chi connectivity index (χ4n) is 2.90. The molecule has 1 aliphatic carbocycles. The largest absolute Gasteiger partial charge is 0.448 e. The summed E-state index contributed by atoms with van der Waals surface area (Å²) in [6, 6.07) is 6.03. The van der Waals surface area contributed by atoms with Crippen molar-refractivity contribution in [2.45, 2.75) is 57.2 Å². The van der Waals surface area contributed by atoms with Crippen LogP contribution in [0.1, 0.15) is 51.5 Å². The van der Waals surface area contributed by atoms with Gasteiger partial charge in [-0.2, -0.15) is 0 Å². The number of rotatable bonds is 2. The van der Waals surface area contributed by atoms with Gasteiger partial charge in [0.1, 0.15) is 0 Å². The van der Waals surface area contributed by atoms with Gasteiger partial charge in [0.25, 0.3) is 5.79 Å². The lowest BCUT2D eigenvalue weighted by Crippen LogP contribution is -2.40. The fourth-order valence-corrected chi connectivity index (χ4v) is 2.90. The Labute approximate surface area is 114 Å². The van der Waals surface area contributed by atoms with Crippen molar-refractivity contribution in [3.8, 4) is 11.5 Å². The van der Waals surface area contributed by atoms with Crippen LogP contribution in [0.5, 0.6) is 11.5 Å². The van der Waals surface area contributed by atoms with Gasteiger partial charge in [-0.1, -0.05) is 26.3 Å². The Bertz CT molecular complexity index is 473. The minimum atomic E-state index is -0.414.